The summed E-state index contributed by atoms with van der Waals surface area (Å²) in [5, 5.41) is 7.15. The maximum absolute atomic E-state index is 6.05. The lowest BCUT2D eigenvalue weighted by molar-refractivity contribution is 0.282. The number of rotatable bonds is 8. The fraction of sp³-hybridized carbons (Fsp3) is 0.174. The average molecular weight is 512 g/mol. The van der Waals surface area contributed by atoms with E-state index in [2.05, 4.69) is 67.7 Å². The van der Waals surface area contributed by atoms with Crippen LogP contribution in [0.15, 0.2) is 65.4 Å². The monoisotopic (exact) mass is 511 g/mol. The first-order valence-electron chi connectivity index (χ1n) is 9.91. The van der Waals surface area contributed by atoms with Gasteiger partial charge in [0, 0.05) is 18.0 Å². The standard InChI is InChI=1S/C23H22BrN5O2S/c1-15-3-5-16(6-4-15)14-31-21-19(24)11-17(12-20(21)30-2)13-26-29-22(27-28-23(29)32)18-7-9-25-10-8-18/h3-12,26H,13-14H2,1-2H3,(H,28,32). The molecular weight excluding hydrogens is 490 g/mol. The number of benzene rings is 2. The topological polar surface area (TPSA) is 77.0 Å². The SMILES string of the molecule is COc1cc(CNn2c(-c3ccncc3)n[nH]c2=S)cc(Br)c1OCc1ccc(C)cc1. The molecular formula is C23H22BrN5O2S. The van der Waals surface area contributed by atoms with Crippen molar-refractivity contribution in [1.82, 2.24) is 19.9 Å². The van der Waals surface area contributed by atoms with E-state index in [1.54, 1.807) is 24.2 Å². The number of nitrogens with one attached hydrogen (secondary N) is 2. The summed E-state index contributed by atoms with van der Waals surface area (Å²) in [6, 6.07) is 16.0. The first-order valence-corrected chi connectivity index (χ1v) is 11.1. The van der Waals surface area contributed by atoms with Crippen LogP contribution in [0.3, 0.4) is 0 Å². The summed E-state index contributed by atoms with van der Waals surface area (Å²) in [5.74, 6) is 1.99. The molecule has 0 saturated carbocycles. The molecule has 2 N–H and O–H groups in total. The zero-order chi connectivity index (χ0) is 22.5. The van der Waals surface area contributed by atoms with Crippen LogP contribution < -0.4 is 14.9 Å². The van der Waals surface area contributed by atoms with Crippen LogP contribution in [0.4, 0.5) is 0 Å². The number of aromatic nitrogens is 4. The van der Waals surface area contributed by atoms with Gasteiger partial charge in [-0.3, -0.25) is 4.98 Å². The van der Waals surface area contributed by atoms with Crippen molar-refractivity contribution in [3.05, 3.63) is 86.9 Å². The van der Waals surface area contributed by atoms with E-state index >= 15 is 0 Å². The summed E-state index contributed by atoms with van der Waals surface area (Å²) in [4.78, 5) is 4.05. The second-order valence-corrected chi connectivity index (χ2v) is 8.38. The van der Waals surface area contributed by atoms with Gasteiger partial charge in [0.25, 0.3) is 0 Å². The molecule has 0 radical (unpaired) electrons. The summed E-state index contributed by atoms with van der Waals surface area (Å²) >= 11 is 9.01. The van der Waals surface area contributed by atoms with Gasteiger partial charge in [0.05, 0.1) is 18.1 Å². The van der Waals surface area contributed by atoms with Crippen LogP contribution in [0, 0.1) is 11.7 Å². The van der Waals surface area contributed by atoms with Crippen molar-refractivity contribution in [3.8, 4) is 22.9 Å². The minimum atomic E-state index is 0.451. The van der Waals surface area contributed by atoms with Crippen LogP contribution >= 0.6 is 28.1 Å². The van der Waals surface area contributed by atoms with E-state index in [-0.39, 0.29) is 0 Å². The van der Waals surface area contributed by atoms with Gasteiger partial charge in [-0.05, 0) is 70.5 Å². The van der Waals surface area contributed by atoms with Gasteiger partial charge in [-0.15, -0.1) is 0 Å². The molecule has 2 aromatic carbocycles. The predicted molar refractivity (Wildman–Crippen MR) is 130 cm³/mol. The van der Waals surface area contributed by atoms with E-state index in [9.17, 15) is 0 Å². The quantitative estimate of drug-likeness (QED) is 0.308. The Balaban J connectivity index is 1.51. The second-order valence-electron chi connectivity index (χ2n) is 7.14. The largest absolute Gasteiger partial charge is 0.493 e. The molecule has 2 aromatic heterocycles. The molecule has 9 heteroatoms. The third-order valence-corrected chi connectivity index (χ3v) is 5.71. The van der Waals surface area contributed by atoms with Gasteiger partial charge >= 0.3 is 0 Å². The van der Waals surface area contributed by atoms with Gasteiger partial charge in [0.15, 0.2) is 17.3 Å². The van der Waals surface area contributed by atoms with Crippen LogP contribution in [0.5, 0.6) is 11.5 Å². The highest BCUT2D eigenvalue weighted by molar-refractivity contribution is 9.10. The molecule has 0 unspecified atom stereocenters. The van der Waals surface area contributed by atoms with Crippen LogP contribution in [-0.4, -0.2) is 27.0 Å². The fourth-order valence-corrected chi connectivity index (χ4v) is 3.96. The van der Waals surface area contributed by atoms with Crippen LogP contribution in [0.2, 0.25) is 0 Å². The Morgan fingerprint density at radius 2 is 1.84 bits per heavy atom. The number of nitrogens with zero attached hydrogens (tertiary/aromatic N) is 3. The molecule has 0 amide bonds. The number of ether oxygens (including phenoxy) is 2. The molecule has 4 rings (SSSR count). The van der Waals surface area contributed by atoms with E-state index in [4.69, 9.17) is 21.7 Å². The molecule has 7 nitrogen and oxygen atoms in total. The highest BCUT2D eigenvalue weighted by atomic mass is 79.9. The molecule has 0 fully saturated rings. The van der Waals surface area contributed by atoms with Gasteiger partial charge in [0.2, 0.25) is 4.77 Å². The molecule has 0 aliphatic rings. The van der Waals surface area contributed by atoms with Crippen LogP contribution in [0.25, 0.3) is 11.4 Å². The van der Waals surface area contributed by atoms with E-state index in [1.165, 1.54) is 5.56 Å². The van der Waals surface area contributed by atoms with E-state index in [1.807, 2.05) is 24.3 Å². The maximum Gasteiger partial charge on any atom is 0.214 e. The summed E-state index contributed by atoms with van der Waals surface area (Å²) < 4.78 is 14.7. The Morgan fingerprint density at radius 1 is 1.09 bits per heavy atom. The number of hydrogen-bond acceptors (Lipinski definition) is 6. The summed E-state index contributed by atoms with van der Waals surface area (Å²) in [6.07, 6.45) is 3.43. The molecule has 0 aliphatic carbocycles. The predicted octanol–water partition coefficient (Wildman–Crippen LogP) is 5.40. The minimum Gasteiger partial charge on any atom is -0.493 e. The minimum absolute atomic E-state index is 0.451. The fourth-order valence-electron chi connectivity index (χ4n) is 3.16. The lowest BCUT2D eigenvalue weighted by Gasteiger charge is -2.16. The van der Waals surface area contributed by atoms with Crippen molar-refractivity contribution in [2.24, 2.45) is 0 Å². The van der Waals surface area contributed by atoms with Crippen LogP contribution in [-0.2, 0) is 13.2 Å². The van der Waals surface area contributed by atoms with Crippen molar-refractivity contribution >= 4 is 28.1 Å². The molecule has 0 atom stereocenters. The number of aryl methyl sites for hydroxylation is 1. The van der Waals surface area contributed by atoms with Gasteiger partial charge in [-0.2, -0.15) is 5.10 Å². The van der Waals surface area contributed by atoms with E-state index in [0.29, 0.717) is 35.2 Å². The van der Waals surface area contributed by atoms with Gasteiger partial charge in [0.1, 0.15) is 6.61 Å². The van der Waals surface area contributed by atoms with E-state index < -0.39 is 0 Å². The maximum atomic E-state index is 6.05. The lowest BCUT2D eigenvalue weighted by atomic mass is 10.1. The highest BCUT2D eigenvalue weighted by Crippen LogP contribution is 2.37. The summed E-state index contributed by atoms with van der Waals surface area (Å²) in [5.41, 5.74) is 7.51. The molecule has 0 spiro atoms. The average Bonchev–Trinajstić information content (AvgIpc) is 3.18. The Bertz CT molecular complexity index is 1260. The third-order valence-electron chi connectivity index (χ3n) is 4.85. The Morgan fingerprint density at radius 3 is 2.56 bits per heavy atom. The van der Waals surface area contributed by atoms with Crippen molar-refractivity contribution in [2.75, 3.05) is 12.5 Å². The van der Waals surface area contributed by atoms with Crippen molar-refractivity contribution < 1.29 is 9.47 Å². The molecule has 4 aromatic rings. The Hall–Kier alpha value is -3.17. The van der Waals surface area contributed by atoms with Gasteiger partial charge < -0.3 is 14.9 Å². The van der Waals surface area contributed by atoms with Crippen molar-refractivity contribution in [2.45, 2.75) is 20.1 Å². The van der Waals surface area contributed by atoms with Crippen LogP contribution in [0.1, 0.15) is 16.7 Å². The zero-order valence-electron chi connectivity index (χ0n) is 17.6. The Kier molecular flexibility index (Phi) is 6.87. The molecule has 0 saturated heterocycles. The van der Waals surface area contributed by atoms with Crippen molar-refractivity contribution in [1.29, 1.82) is 0 Å². The number of hydrogen-bond donors (Lipinski definition) is 2. The zero-order valence-corrected chi connectivity index (χ0v) is 20.0. The number of methoxy groups -OCH3 is 1. The summed E-state index contributed by atoms with van der Waals surface area (Å²) in [7, 11) is 1.63. The smallest absolute Gasteiger partial charge is 0.214 e. The number of halogens is 1. The normalized spacial score (nSPS) is 10.7. The number of pyridine rings is 1. The van der Waals surface area contributed by atoms with Crippen molar-refractivity contribution in [3.63, 3.8) is 0 Å². The first-order chi connectivity index (χ1) is 15.5. The van der Waals surface area contributed by atoms with Gasteiger partial charge in [-0.25, -0.2) is 9.77 Å². The Labute approximate surface area is 199 Å². The van der Waals surface area contributed by atoms with Gasteiger partial charge in [-0.1, -0.05) is 29.8 Å². The number of aromatic amines is 1. The molecule has 32 heavy (non-hydrogen) atoms. The summed E-state index contributed by atoms with van der Waals surface area (Å²) in [6.45, 7) is 3.01. The highest BCUT2D eigenvalue weighted by Gasteiger charge is 2.14. The third kappa shape index (κ3) is 5.00. The lowest BCUT2D eigenvalue weighted by Crippen LogP contribution is -2.16. The molecule has 0 bridgehead atoms. The first kappa shape index (κ1) is 22.0. The molecule has 2 heterocycles. The van der Waals surface area contributed by atoms with E-state index in [0.717, 1.165) is 21.2 Å². The number of H-pyrrole nitrogens is 1. The molecule has 0 aliphatic heterocycles. The molecule has 164 valence electrons. The second kappa shape index (κ2) is 9.97.